The maximum atomic E-state index is 13.6. The van der Waals surface area contributed by atoms with Crippen LogP contribution in [-0.4, -0.2) is 114 Å². The van der Waals surface area contributed by atoms with Gasteiger partial charge >= 0.3 is 5.97 Å². The molecule has 1 heterocycles. The Morgan fingerprint density at radius 2 is 0.800 bits per heavy atom. The standard InChI is InChI=1S/C53H106N4O8/c1-4-6-8-10-12-14-16-18-20-22-24-26-28-30-32-34-41-57(42-35-33-31-29-27-25-23-21-19-17-15-13-11-9-7-5-2)48(58)36-37-49(59)64-46-47-50(61-43-38-54)51(62-44-39-55)52(63-45-40-56)53(60-3)65-47/h47,50-53H,4-46,54-56H2,1-3H3/t47-,50+,51+,52-,53-/m1/s1. The van der Waals surface area contributed by atoms with Gasteiger partial charge in [-0.2, -0.15) is 0 Å². The van der Waals surface area contributed by atoms with E-state index in [2.05, 4.69) is 13.8 Å². The van der Waals surface area contributed by atoms with Crippen molar-refractivity contribution in [1.82, 2.24) is 4.90 Å². The first-order valence-corrected chi connectivity index (χ1v) is 27.5. The van der Waals surface area contributed by atoms with Gasteiger partial charge in [0.25, 0.3) is 0 Å². The van der Waals surface area contributed by atoms with Crippen LogP contribution in [0.25, 0.3) is 0 Å². The number of unbranched alkanes of at least 4 members (excludes halogenated alkanes) is 30. The summed E-state index contributed by atoms with van der Waals surface area (Å²) in [7, 11) is 1.52. The summed E-state index contributed by atoms with van der Waals surface area (Å²) in [5, 5.41) is 0. The number of hydrogen-bond acceptors (Lipinski definition) is 11. The molecule has 1 aliphatic heterocycles. The number of carbonyl (C=O) groups excluding carboxylic acids is 2. The second-order valence-electron chi connectivity index (χ2n) is 18.8. The first-order valence-electron chi connectivity index (χ1n) is 27.5. The fourth-order valence-electron chi connectivity index (χ4n) is 9.06. The summed E-state index contributed by atoms with van der Waals surface area (Å²) < 4.78 is 35.8. The molecule has 0 aromatic rings. The van der Waals surface area contributed by atoms with Gasteiger partial charge in [-0.3, -0.25) is 9.59 Å². The zero-order chi connectivity index (χ0) is 47.3. The average Bonchev–Trinajstić information content (AvgIpc) is 3.32. The third kappa shape index (κ3) is 33.7. The number of carbonyl (C=O) groups is 2. The predicted octanol–water partition coefficient (Wildman–Crippen LogP) is 11.1. The first-order chi connectivity index (χ1) is 32.0. The molecule has 65 heavy (non-hydrogen) atoms. The fraction of sp³-hybridized carbons (Fsp3) is 0.962. The summed E-state index contributed by atoms with van der Waals surface area (Å²) in [4.78, 5) is 28.8. The van der Waals surface area contributed by atoms with Crippen LogP contribution in [0, 0.1) is 0 Å². The molecule has 12 heteroatoms. The van der Waals surface area contributed by atoms with Crippen molar-refractivity contribution >= 4 is 11.9 Å². The zero-order valence-corrected chi connectivity index (χ0v) is 42.7. The Balaban J connectivity index is 2.57. The third-order valence-corrected chi connectivity index (χ3v) is 13.0. The largest absolute Gasteiger partial charge is 0.463 e. The Morgan fingerprint density at radius 3 is 1.15 bits per heavy atom. The van der Waals surface area contributed by atoms with E-state index in [4.69, 9.17) is 45.6 Å². The molecule has 386 valence electrons. The molecule has 1 rings (SSSR count). The average molecular weight is 927 g/mol. The molecule has 0 radical (unpaired) electrons. The van der Waals surface area contributed by atoms with Crippen LogP contribution in [0.2, 0.25) is 0 Å². The van der Waals surface area contributed by atoms with Gasteiger partial charge in [-0.25, -0.2) is 0 Å². The van der Waals surface area contributed by atoms with Crippen molar-refractivity contribution < 1.29 is 38.0 Å². The van der Waals surface area contributed by atoms with Crippen LogP contribution in [-0.2, 0) is 38.0 Å². The van der Waals surface area contributed by atoms with Crippen molar-refractivity contribution in [3.63, 3.8) is 0 Å². The summed E-state index contributed by atoms with van der Waals surface area (Å²) in [6.45, 7) is 7.61. The lowest BCUT2D eigenvalue weighted by atomic mass is 9.98. The molecule has 0 aliphatic carbocycles. The number of rotatable bonds is 49. The molecule has 1 aliphatic rings. The molecule has 5 atom stereocenters. The number of hydrogen-bond donors (Lipinski definition) is 3. The van der Waals surface area contributed by atoms with E-state index in [9.17, 15) is 9.59 Å². The second-order valence-corrected chi connectivity index (χ2v) is 18.8. The van der Waals surface area contributed by atoms with Crippen LogP contribution >= 0.6 is 0 Å². The van der Waals surface area contributed by atoms with E-state index >= 15 is 0 Å². The highest BCUT2D eigenvalue weighted by molar-refractivity contribution is 5.81. The minimum Gasteiger partial charge on any atom is -0.463 e. The minimum atomic E-state index is -0.810. The summed E-state index contributed by atoms with van der Waals surface area (Å²) in [5.74, 6) is -0.435. The van der Waals surface area contributed by atoms with Crippen molar-refractivity contribution in [3.05, 3.63) is 0 Å². The van der Waals surface area contributed by atoms with E-state index in [-0.39, 0.29) is 51.7 Å². The molecule has 0 unspecified atom stereocenters. The maximum absolute atomic E-state index is 13.6. The summed E-state index contributed by atoms with van der Waals surface area (Å²) in [6.07, 6.45) is 38.9. The summed E-state index contributed by atoms with van der Waals surface area (Å²) >= 11 is 0. The number of methoxy groups -OCH3 is 1. The Kier molecular flexibility index (Phi) is 44.0. The second kappa shape index (κ2) is 46.4. The predicted molar refractivity (Wildman–Crippen MR) is 268 cm³/mol. The van der Waals surface area contributed by atoms with E-state index in [0.29, 0.717) is 13.1 Å². The lowest BCUT2D eigenvalue weighted by Crippen LogP contribution is -2.62. The van der Waals surface area contributed by atoms with Crippen molar-refractivity contribution in [2.24, 2.45) is 17.2 Å². The fourth-order valence-corrected chi connectivity index (χ4v) is 9.06. The van der Waals surface area contributed by atoms with Crippen molar-refractivity contribution in [2.45, 2.75) is 263 Å². The van der Waals surface area contributed by atoms with Gasteiger partial charge in [0.05, 0.1) is 26.2 Å². The molecule has 0 aromatic carbocycles. The van der Waals surface area contributed by atoms with E-state index in [0.717, 1.165) is 38.8 Å². The van der Waals surface area contributed by atoms with E-state index < -0.39 is 36.7 Å². The Bertz CT molecular complexity index is 1010. The minimum absolute atomic E-state index is 0.00264. The lowest BCUT2D eigenvalue weighted by molar-refractivity contribution is -0.316. The van der Waals surface area contributed by atoms with Crippen LogP contribution in [0.15, 0.2) is 0 Å². The number of amides is 1. The molecule has 0 spiro atoms. The molecule has 0 bridgehead atoms. The van der Waals surface area contributed by atoms with Crippen molar-refractivity contribution in [1.29, 1.82) is 0 Å². The topological polar surface area (TPSA) is 171 Å². The number of ether oxygens (including phenoxy) is 6. The van der Waals surface area contributed by atoms with Crippen LogP contribution in [0.1, 0.15) is 232 Å². The zero-order valence-electron chi connectivity index (χ0n) is 42.7. The SMILES string of the molecule is CCCCCCCCCCCCCCCCCCN(CCCCCCCCCCCCCCCCCC)C(=O)CCC(=O)OC[C@H]1O[C@@H](OC)[C@H](OCCN)[C@@H](OCCN)[C@H]1OCCN. The Morgan fingerprint density at radius 1 is 0.462 bits per heavy atom. The molecule has 1 saturated heterocycles. The number of esters is 1. The lowest BCUT2D eigenvalue weighted by Gasteiger charge is -2.45. The van der Waals surface area contributed by atoms with E-state index in [1.807, 2.05) is 4.90 Å². The number of nitrogens with two attached hydrogens (primary N) is 3. The van der Waals surface area contributed by atoms with Crippen molar-refractivity contribution in [2.75, 3.05) is 66.3 Å². The van der Waals surface area contributed by atoms with Crippen LogP contribution in [0.4, 0.5) is 0 Å². The molecule has 6 N–H and O–H groups in total. The van der Waals surface area contributed by atoms with Gasteiger partial charge in [-0.1, -0.05) is 206 Å². The summed E-state index contributed by atoms with van der Waals surface area (Å²) in [5.41, 5.74) is 17.3. The molecule has 0 saturated carbocycles. The van der Waals surface area contributed by atoms with Crippen molar-refractivity contribution in [3.8, 4) is 0 Å². The van der Waals surface area contributed by atoms with E-state index in [1.165, 1.54) is 187 Å². The molecule has 12 nitrogen and oxygen atoms in total. The smallest absolute Gasteiger partial charge is 0.306 e. The van der Waals surface area contributed by atoms with Crippen LogP contribution in [0.3, 0.4) is 0 Å². The number of nitrogens with zero attached hydrogens (tertiary/aromatic N) is 1. The monoisotopic (exact) mass is 927 g/mol. The maximum Gasteiger partial charge on any atom is 0.306 e. The first kappa shape index (κ1) is 61.6. The van der Waals surface area contributed by atoms with Gasteiger partial charge in [-0.05, 0) is 12.8 Å². The molecule has 0 aromatic heterocycles. The molecule has 1 fully saturated rings. The Hall–Kier alpha value is -1.38. The van der Waals surface area contributed by atoms with Gasteiger partial charge in [0, 0.05) is 46.3 Å². The van der Waals surface area contributed by atoms with E-state index in [1.54, 1.807) is 0 Å². The van der Waals surface area contributed by atoms with Gasteiger partial charge in [0.15, 0.2) is 6.29 Å². The van der Waals surface area contributed by atoms with Gasteiger partial charge in [0.2, 0.25) is 5.91 Å². The van der Waals surface area contributed by atoms with Crippen LogP contribution < -0.4 is 17.2 Å². The quantitative estimate of drug-likeness (QED) is 0.0392. The normalized spacial score (nSPS) is 18.6. The molecular weight excluding hydrogens is 821 g/mol. The third-order valence-electron chi connectivity index (χ3n) is 13.0. The Labute approximate surface area is 399 Å². The molecular formula is C53H106N4O8. The highest BCUT2D eigenvalue weighted by atomic mass is 16.7. The molecule has 1 amide bonds. The van der Waals surface area contributed by atoms with Gasteiger partial charge < -0.3 is 50.5 Å². The highest BCUT2D eigenvalue weighted by Crippen LogP contribution is 2.29. The highest BCUT2D eigenvalue weighted by Gasteiger charge is 2.49. The summed E-state index contributed by atoms with van der Waals surface area (Å²) in [6, 6.07) is 0. The van der Waals surface area contributed by atoms with Crippen LogP contribution in [0.5, 0.6) is 0 Å². The van der Waals surface area contributed by atoms with Gasteiger partial charge in [-0.15, -0.1) is 0 Å². The van der Waals surface area contributed by atoms with Gasteiger partial charge in [0.1, 0.15) is 31.0 Å².